The zero-order chi connectivity index (χ0) is 23.4. The highest BCUT2D eigenvalue weighted by molar-refractivity contribution is 6.31. The second-order valence-corrected chi connectivity index (χ2v) is 8.11. The second-order valence-electron chi connectivity index (χ2n) is 7.70. The van der Waals surface area contributed by atoms with Gasteiger partial charge in [0.05, 0.1) is 10.6 Å². The van der Waals surface area contributed by atoms with Gasteiger partial charge in [0.2, 0.25) is 5.91 Å². The maximum atomic E-state index is 13.5. The van der Waals surface area contributed by atoms with Gasteiger partial charge in [0.1, 0.15) is 0 Å². The minimum absolute atomic E-state index is 0.0109. The Labute approximate surface area is 193 Å². The van der Waals surface area contributed by atoms with Crippen molar-refractivity contribution in [3.8, 4) is 0 Å². The molecule has 0 saturated heterocycles. The van der Waals surface area contributed by atoms with Crippen LogP contribution in [0, 0.1) is 0 Å². The lowest BCUT2D eigenvalue weighted by Gasteiger charge is -2.19. The summed E-state index contributed by atoms with van der Waals surface area (Å²) in [4.78, 5) is 20.2. The summed E-state index contributed by atoms with van der Waals surface area (Å²) in [5.74, 6) is -0.848. The lowest BCUT2D eigenvalue weighted by atomic mass is 9.87. The number of nitrogens with zero attached hydrogens (tertiary/aromatic N) is 1. The number of H-pyrrole nitrogens is 1. The zero-order valence-corrected chi connectivity index (χ0v) is 18.3. The fourth-order valence-corrected chi connectivity index (χ4v) is 4.12. The molecule has 0 aliphatic rings. The first-order valence-corrected chi connectivity index (χ1v) is 10.8. The number of aromatic amines is 1. The first-order valence-electron chi connectivity index (χ1n) is 10.4. The Morgan fingerprint density at radius 3 is 2.64 bits per heavy atom. The maximum Gasteiger partial charge on any atom is 0.417 e. The molecule has 4 aromatic rings. The highest BCUT2D eigenvalue weighted by Gasteiger charge is 2.34. The Bertz CT molecular complexity index is 1250. The lowest BCUT2D eigenvalue weighted by molar-refractivity contribution is -0.137. The molecule has 4 rings (SSSR count). The van der Waals surface area contributed by atoms with Gasteiger partial charge in [-0.1, -0.05) is 41.9 Å². The van der Waals surface area contributed by atoms with E-state index in [2.05, 4.69) is 15.3 Å². The summed E-state index contributed by atoms with van der Waals surface area (Å²) >= 11 is 5.83. The van der Waals surface area contributed by atoms with Crippen LogP contribution in [-0.2, 0) is 17.4 Å². The van der Waals surface area contributed by atoms with E-state index in [1.54, 1.807) is 18.5 Å². The monoisotopic (exact) mass is 471 g/mol. The van der Waals surface area contributed by atoms with Gasteiger partial charge in [0, 0.05) is 54.3 Å². The fraction of sp³-hybridized carbons (Fsp3) is 0.200. The van der Waals surface area contributed by atoms with Crippen molar-refractivity contribution >= 4 is 28.4 Å². The minimum atomic E-state index is -4.59. The van der Waals surface area contributed by atoms with Gasteiger partial charge in [-0.15, -0.1) is 0 Å². The first-order chi connectivity index (χ1) is 15.8. The van der Waals surface area contributed by atoms with E-state index in [0.29, 0.717) is 18.5 Å². The molecule has 170 valence electrons. The third kappa shape index (κ3) is 5.37. The van der Waals surface area contributed by atoms with Crippen LogP contribution in [0.1, 0.15) is 34.7 Å². The number of carbonyl (C=O) groups excluding carboxylic acids is 1. The van der Waals surface area contributed by atoms with Crippen LogP contribution < -0.4 is 5.32 Å². The molecule has 0 aliphatic heterocycles. The molecule has 0 fully saturated rings. The number of carbonyl (C=O) groups is 1. The summed E-state index contributed by atoms with van der Waals surface area (Å²) in [5, 5.41) is 3.34. The average Bonchev–Trinajstić information content (AvgIpc) is 3.22. The van der Waals surface area contributed by atoms with Crippen molar-refractivity contribution in [2.75, 3.05) is 6.54 Å². The zero-order valence-electron chi connectivity index (χ0n) is 17.5. The van der Waals surface area contributed by atoms with E-state index in [0.717, 1.165) is 28.2 Å². The number of aromatic nitrogens is 2. The van der Waals surface area contributed by atoms with Crippen LogP contribution in [0.4, 0.5) is 13.2 Å². The van der Waals surface area contributed by atoms with Gasteiger partial charge in [0.25, 0.3) is 0 Å². The van der Waals surface area contributed by atoms with Gasteiger partial charge < -0.3 is 10.3 Å². The first kappa shape index (κ1) is 22.9. The molecule has 1 atom stereocenters. The SMILES string of the molecule is O=C(C[C@H](c1ccc(Cl)c(C(F)(F)F)c1)c1c[nH]c2ccccc12)NCCc1ccccn1. The Kier molecular flexibility index (Phi) is 6.70. The topological polar surface area (TPSA) is 57.8 Å². The summed E-state index contributed by atoms with van der Waals surface area (Å²) in [6, 6.07) is 16.9. The van der Waals surface area contributed by atoms with Crippen molar-refractivity contribution in [2.45, 2.75) is 24.9 Å². The second kappa shape index (κ2) is 9.67. The lowest BCUT2D eigenvalue weighted by Crippen LogP contribution is -2.27. The molecule has 0 radical (unpaired) electrons. The molecule has 0 bridgehead atoms. The van der Waals surface area contributed by atoms with Gasteiger partial charge in [-0.2, -0.15) is 13.2 Å². The van der Waals surface area contributed by atoms with Crippen LogP contribution in [-0.4, -0.2) is 22.4 Å². The molecule has 8 heteroatoms. The third-order valence-electron chi connectivity index (χ3n) is 5.51. The summed E-state index contributed by atoms with van der Waals surface area (Å²) < 4.78 is 40.5. The summed E-state index contributed by atoms with van der Waals surface area (Å²) in [7, 11) is 0. The van der Waals surface area contributed by atoms with Crippen molar-refractivity contribution in [3.63, 3.8) is 0 Å². The molecule has 2 N–H and O–H groups in total. The number of alkyl halides is 3. The maximum absolute atomic E-state index is 13.5. The van der Waals surface area contributed by atoms with Crippen LogP contribution in [0.15, 0.2) is 73.1 Å². The van der Waals surface area contributed by atoms with E-state index >= 15 is 0 Å². The van der Waals surface area contributed by atoms with Crippen molar-refractivity contribution in [2.24, 2.45) is 0 Å². The van der Waals surface area contributed by atoms with Crippen molar-refractivity contribution in [1.29, 1.82) is 0 Å². The normalized spacial score (nSPS) is 12.6. The molecular weight excluding hydrogens is 451 g/mol. The molecule has 2 heterocycles. The van der Waals surface area contributed by atoms with Gasteiger partial charge in [-0.3, -0.25) is 9.78 Å². The average molecular weight is 472 g/mol. The number of para-hydroxylation sites is 1. The van der Waals surface area contributed by atoms with Crippen LogP contribution in [0.25, 0.3) is 10.9 Å². The van der Waals surface area contributed by atoms with E-state index in [1.165, 1.54) is 6.07 Å². The number of fused-ring (bicyclic) bond motifs is 1. The van der Waals surface area contributed by atoms with E-state index in [1.807, 2.05) is 42.5 Å². The number of amides is 1. The van der Waals surface area contributed by atoms with Gasteiger partial charge >= 0.3 is 6.18 Å². The smallest absolute Gasteiger partial charge is 0.361 e. The standard InChI is InChI=1S/C25H21ClF3N3O/c26-22-9-8-16(13-21(22)25(27,28)29)19(20-15-32-23-7-2-1-6-18(20)23)14-24(33)31-12-10-17-5-3-4-11-30-17/h1-9,11,13,15,19,32H,10,12,14H2,(H,31,33)/t19-/m1/s1. The van der Waals surface area contributed by atoms with Crippen molar-refractivity contribution in [3.05, 3.63) is 100 Å². The molecular formula is C25H21ClF3N3O. The number of nitrogens with one attached hydrogen (secondary N) is 2. The third-order valence-corrected chi connectivity index (χ3v) is 5.84. The van der Waals surface area contributed by atoms with Crippen LogP contribution >= 0.6 is 11.6 Å². The molecule has 0 saturated carbocycles. The molecule has 33 heavy (non-hydrogen) atoms. The number of hydrogen-bond acceptors (Lipinski definition) is 2. The predicted molar refractivity (Wildman–Crippen MR) is 122 cm³/mol. The molecule has 2 aromatic carbocycles. The molecule has 0 spiro atoms. The van der Waals surface area contributed by atoms with Gasteiger partial charge in [0.15, 0.2) is 0 Å². The van der Waals surface area contributed by atoms with E-state index in [9.17, 15) is 18.0 Å². The van der Waals surface area contributed by atoms with Crippen LogP contribution in [0.5, 0.6) is 0 Å². The quantitative estimate of drug-likeness (QED) is 0.341. The van der Waals surface area contributed by atoms with Gasteiger partial charge in [-0.05, 0) is 41.5 Å². The van der Waals surface area contributed by atoms with Crippen molar-refractivity contribution < 1.29 is 18.0 Å². The predicted octanol–water partition coefficient (Wildman–Crippen LogP) is 6.12. The number of pyridine rings is 1. The van der Waals surface area contributed by atoms with Crippen molar-refractivity contribution in [1.82, 2.24) is 15.3 Å². The Hall–Kier alpha value is -3.32. The largest absolute Gasteiger partial charge is 0.417 e. The number of benzene rings is 2. The van der Waals surface area contributed by atoms with Crippen LogP contribution in [0.3, 0.4) is 0 Å². The van der Waals surface area contributed by atoms with E-state index in [4.69, 9.17) is 11.6 Å². The summed E-state index contributed by atoms with van der Waals surface area (Å²) in [6.45, 7) is 0.380. The Morgan fingerprint density at radius 1 is 1.09 bits per heavy atom. The van der Waals surface area contributed by atoms with E-state index in [-0.39, 0.29) is 17.4 Å². The summed E-state index contributed by atoms with van der Waals surface area (Å²) in [6.07, 6.45) is -0.614. The molecule has 0 aliphatic carbocycles. The number of rotatable bonds is 7. The highest BCUT2D eigenvalue weighted by atomic mass is 35.5. The highest BCUT2D eigenvalue weighted by Crippen LogP contribution is 2.39. The number of hydrogen-bond donors (Lipinski definition) is 2. The molecule has 0 unspecified atom stereocenters. The fourth-order valence-electron chi connectivity index (χ4n) is 3.90. The molecule has 2 aromatic heterocycles. The Morgan fingerprint density at radius 2 is 1.88 bits per heavy atom. The van der Waals surface area contributed by atoms with Gasteiger partial charge in [-0.25, -0.2) is 0 Å². The molecule has 4 nitrogen and oxygen atoms in total. The number of halogens is 4. The minimum Gasteiger partial charge on any atom is -0.361 e. The molecule has 1 amide bonds. The summed E-state index contributed by atoms with van der Waals surface area (Å²) in [5.41, 5.74) is 1.90. The van der Waals surface area contributed by atoms with E-state index < -0.39 is 17.7 Å². The van der Waals surface area contributed by atoms with Crippen LogP contribution in [0.2, 0.25) is 5.02 Å². The Balaban J connectivity index is 1.62.